The average molecular weight is 429 g/mol. The minimum Gasteiger partial charge on any atom is -0.497 e. The van der Waals surface area contributed by atoms with Crippen LogP contribution in [0.2, 0.25) is 10.0 Å². The first kappa shape index (κ1) is 19.4. The number of fused-ring (bicyclic) bond motifs is 1. The van der Waals surface area contributed by atoms with Crippen LogP contribution in [0.25, 0.3) is 0 Å². The number of hydrogen-bond acceptors (Lipinski definition) is 4. The van der Waals surface area contributed by atoms with Gasteiger partial charge in [0, 0.05) is 30.5 Å². The molecule has 1 heterocycles. The van der Waals surface area contributed by atoms with Crippen LogP contribution in [0.3, 0.4) is 0 Å². The van der Waals surface area contributed by atoms with E-state index in [1.54, 1.807) is 25.3 Å². The largest absolute Gasteiger partial charge is 0.497 e. The second-order valence-corrected chi connectivity index (χ2v) is 7.59. The van der Waals surface area contributed by atoms with Crippen molar-refractivity contribution in [3.8, 4) is 5.75 Å². The predicted octanol–water partition coefficient (Wildman–Crippen LogP) is 5.96. The van der Waals surface area contributed by atoms with Crippen molar-refractivity contribution in [2.45, 2.75) is 13.1 Å². The van der Waals surface area contributed by atoms with Gasteiger partial charge in [0.25, 0.3) is 0 Å². The van der Waals surface area contributed by atoms with E-state index in [1.807, 2.05) is 24.3 Å². The molecule has 0 fully saturated rings. The third kappa shape index (κ3) is 3.97. The summed E-state index contributed by atoms with van der Waals surface area (Å²) in [5.74, 6) is -0.411. The zero-order valence-electron chi connectivity index (χ0n) is 15.6. The minimum atomic E-state index is -0.998. The van der Waals surface area contributed by atoms with Crippen molar-refractivity contribution in [3.05, 3.63) is 81.3 Å². The Balaban J connectivity index is 1.58. The highest BCUT2D eigenvalue weighted by Gasteiger charge is 2.20. The highest BCUT2D eigenvalue weighted by Crippen LogP contribution is 2.34. The van der Waals surface area contributed by atoms with E-state index >= 15 is 0 Å². The molecule has 1 aliphatic heterocycles. The van der Waals surface area contributed by atoms with Gasteiger partial charge in [0.05, 0.1) is 28.4 Å². The maximum absolute atomic E-state index is 11.5. The van der Waals surface area contributed by atoms with Crippen molar-refractivity contribution in [2.24, 2.45) is 0 Å². The van der Waals surface area contributed by atoms with Gasteiger partial charge < -0.3 is 20.1 Å². The lowest BCUT2D eigenvalue weighted by Crippen LogP contribution is -2.14. The maximum atomic E-state index is 11.5. The number of rotatable bonds is 5. The van der Waals surface area contributed by atoms with Crippen molar-refractivity contribution >= 4 is 46.2 Å². The van der Waals surface area contributed by atoms with Gasteiger partial charge in [-0.2, -0.15) is 0 Å². The number of benzene rings is 3. The van der Waals surface area contributed by atoms with Gasteiger partial charge in [-0.3, -0.25) is 0 Å². The van der Waals surface area contributed by atoms with Crippen molar-refractivity contribution in [3.63, 3.8) is 0 Å². The normalized spacial score (nSPS) is 12.6. The fourth-order valence-electron chi connectivity index (χ4n) is 3.43. The number of halogens is 2. The van der Waals surface area contributed by atoms with Crippen LogP contribution in [0.5, 0.6) is 5.75 Å². The van der Waals surface area contributed by atoms with Crippen molar-refractivity contribution in [2.75, 3.05) is 17.3 Å². The van der Waals surface area contributed by atoms with Crippen LogP contribution in [-0.4, -0.2) is 18.2 Å². The molecule has 0 atom stereocenters. The Bertz CT molecular complexity index is 1100. The molecule has 7 heteroatoms. The summed E-state index contributed by atoms with van der Waals surface area (Å²) in [6.45, 7) is 1.50. The monoisotopic (exact) mass is 428 g/mol. The molecular formula is C22H18Cl2N2O3. The lowest BCUT2D eigenvalue weighted by molar-refractivity contribution is 0.0698. The molecule has 4 rings (SSSR count). The molecule has 29 heavy (non-hydrogen) atoms. The summed E-state index contributed by atoms with van der Waals surface area (Å²) >= 11 is 12.2. The van der Waals surface area contributed by atoms with Crippen LogP contribution >= 0.6 is 23.2 Å². The van der Waals surface area contributed by atoms with Gasteiger partial charge in [-0.15, -0.1) is 0 Å². The molecule has 2 N–H and O–H groups in total. The Morgan fingerprint density at radius 1 is 1.00 bits per heavy atom. The first-order valence-corrected chi connectivity index (χ1v) is 9.70. The van der Waals surface area contributed by atoms with Gasteiger partial charge in [-0.1, -0.05) is 29.3 Å². The summed E-state index contributed by atoms with van der Waals surface area (Å²) in [7, 11) is 1.55. The summed E-state index contributed by atoms with van der Waals surface area (Å²) in [6.07, 6.45) is 0. The van der Waals surface area contributed by atoms with Gasteiger partial charge >= 0.3 is 5.97 Å². The van der Waals surface area contributed by atoms with Crippen LogP contribution in [0, 0.1) is 0 Å². The molecule has 0 unspecified atom stereocenters. The van der Waals surface area contributed by atoms with E-state index in [4.69, 9.17) is 27.9 Å². The van der Waals surface area contributed by atoms with Crippen LogP contribution < -0.4 is 15.0 Å². The molecule has 0 bridgehead atoms. The highest BCUT2D eigenvalue weighted by atomic mass is 35.5. The lowest BCUT2D eigenvalue weighted by atomic mass is 10.1. The smallest absolute Gasteiger partial charge is 0.337 e. The number of nitrogens with zero attached hydrogens (tertiary/aromatic N) is 1. The summed E-state index contributed by atoms with van der Waals surface area (Å²) < 4.78 is 5.22. The molecule has 0 saturated carbocycles. The van der Waals surface area contributed by atoms with Gasteiger partial charge in [0.2, 0.25) is 0 Å². The number of nitrogens with one attached hydrogen (secondary N) is 1. The van der Waals surface area contributed by atoms with Crippen molar-refractivity contribution < 1.29 is 14.6 Å². The van der Waals surface area contributed by atoms with Gasteiger partial charge in [0.15, 0.2) is 0 Å². The number of carboxylic acid groups (broad SMARTS) is 1. The molecule has 148 valence electrons. The number of carbonyl (C=O) groups is 1. The highest BCUT2D eigenvalue weighted by molar-refractivity contribution is 6.42. The van der Waals surface area contributed by atoms with Crippen molar-refractivity contribution in [1.29, 1.82) is 0 Å². The number of hydrogen-bond donors (Lipinski definition) is 2. The summed E-state index contributed by atoms with van der Waals surface area (Å²) in [5, 5.41) is 13.7. The van der Waals surface area contributed by atoms with E-state index in [2.05, 4.69) is 16.3 Å². The van der Waals surface area contributed by atoms with E-state index in [-0.39, 0.29) is 5.56 Å². The number of carboxylic acids is 1. The molecule has 1 aliphatic rings. The first-order valence-electron chi connectivity index (χ1n) is 8.95. The van der Waals surface area contributed by atoms with E-state index in [0.717, 1.165) is 24.5 Å². The Morgan fingerprint density at radius 2 is 1.79 bits per heavy atom. The Hall–Kier alpha value is -2.89. The van der Waals surface area contributed by atoms with Crippen LogP contribution in [-0.2, 0) is 13.1 Å². The Kier molecular flexibility index (Phi) is 5.26. The molecule has 0 amide bonds. The Morgan fingerprint density at radius 3 is 2.52 bits per heavy atom. The molecular weight excluding hydrogens is 411 g/mol. The van der Waals surface area contributed by atoms with E-state index in [1.165, 1.54) is 17.2 Å². The summed E-state index contributed by atoms with van der Waals surface area (Å²) in [6, 6.07) is 16.5. The summed E-state index contributed by atoms with van der Waals surface area (Å²) in [5.41, 5.74) is 4.87. The molecule has 0 aromatic heterocycles. The van der Waals surface area contributed by atoms with Crippen molar-refractivity contribution in [1.82, 2.24) is 0 Å². The second-order valence-electron chi connectivity index (χ2n) is 6.78. The van der Waals surface area contributed by atoms with Gasteiger partial charge in [-0.25, -0.2) is 4.79 Å². The van der Waals surface area contributed by atoms with Crippen LogP contribution in [0.1, 0.15) is 21.5 Å². The third-order valence-electron chi connectivity index (χ3n) is 4.93. The zero-order valence-corrected chi connectivity index (χ0v) is 17.1. The molecule has 0 saturated heterocycles. The molecule has 0 aliphatic carbocycles. The third-order valence-corrected chi connectivity index (χ3v) is 5.67. The van der Waals surface area contributed by atoms with Crippen LogP contribution in [0.4, 0.5) is 17.1 Å². The fourth-order valence-corrected chi connectivity index (χ4v) is 3.72. The van der Waals surface area contributed by atoms with E-state index in [0.29, 0.717) is 21.5 Å². The SMILES string of the molecule is COc1ccc(C(=O)O)c(Nc2ccc3c(c2)CN(c2ccc(Cl)c(Cl)c2)C3)c1. The zero-order chi connectivity index (χ0) is 20.5. The lowest BCUT2D eigenvalue weighted by Gasteiger charge is -2.18. The average Bonchev–Trinajstić information content (AvgIpc) is 3.13. The summed E-state index contributed by atoms with van der Waals surface area (Å²) in [4.78, 5) is 13.8. The minimum absolute atomic E-state index is 0.184. The number of methoxy groups -OCH3 is 1. The molecule has 5 nitrogen and oxygen atoms in total. The molecule has 0 spiro atoms. The Labute approximate surface area is 178 Å². The maximum Gasteiger partial charge on any atom is 0.337 e. The van der Waals surface area contributed by atoms with Gasteiger partial charge in [-0.05, 0) is 53.6 Å². The number of aromatic carboxylic acids is 1. The van der Waals surface area contributed by atoms with Crippen LogP contribution in [0.15, 0.2) is 54.6 Å². The van der Waals surface area contributed by atoms with E-state index < -0.39 is 5.97 Å². The topological polar surface area (TPSA) is 61.8 Å². The quantitative estimate of drug-likeness (QED) is 0.524. The first-order chi connectivity index (χ1) is 13.9. The molecule has 3 aromatic carbocycles. The predicted molar refractivity (Wildman–Crippen MR) is 116 cm³/mol. The molecule has 0 radical (unpaired) electrons. The van der Waals surface area contributed by atoms with Gasteiger partial charge in [0.1, 0.15) is 5.75 Å². The van der Waals surface area contributed by atoms with E-state index in [9.17, 15) is 9.90 Å². The standard InChI is InChI=1S/C22H18Cl2N2O3/c1-29-17-5-6-18(22(27)28)21(10-17)25-15-3-2-13-11-26(12-14(13)8-15)16-4-7-19(23)20(24)9-16/h2-10,25H,11-12H2,1H3,(H,27,28). The molecule has 3 aromatic rings. The number of anilines is 3. The fraction of sp³-hybridized carbons (Fsp3) is 0.136. The number of ether oxygens (including phenoxy) is 1. The second kappa shape index (κ2) is 7.85.